The third kappa shape index (κ3) is 9.10. The summed E-state index contributed by atoms with van der Waals surface area (Å²) in [6, 6.07) is 10.6. The Bertz CT molecular complexity index is 1040. The van der Waals surface area contributed by atoms with Crippen LogP contribution in [0.1, 0.15) is 11.1 Å². The SMILES string of the molecule is NC(Cc1ccccc1)C(=O)NC(CS)C(=O)NC(CS)C(=O)NC(Cc1ccc(O)cc1)C(=O)O. The first kappa shape index (κ1) is 29.0. The number of nitrogens with two attached hydrogens (primary N) is 1. The third-order valence-corrected chi connectivity index (χ3v) is 5.99. The van der Waals surface area contributed by atoms with Crippen molar-refractivity contribution in [1.29, 1.82) is 0 Å². The lowest BCUT2D eigenvalue weighted by molar-refractivity contribution is -0.142. The summed E-state index contributed by atoms with van der Waals surface area (Å²) in [5.41, 5.74) is 7.41. The summed E-state index contributed by atoms with van der Waals surface area (Å²) in [4.78, 5) is 49.6. The van der Waals surface area contributed by atoms with Gasteiger partial charge in [-0.3, -0.25) is 14.4 Å². The summed E-state index contributed by atoms with van der Waals surface area (Å²) in [7, 11) is 0. The molecule has 4 atom stereocenters. The molecule has 0 radical (unpaired) electrons. The molecule has 0 aliphatic heterocycles. The molecule has 10 nitrogen and oxygen atoms in total. The molecule has 36 heavy (non-hydrogen) atoms. The van der Waals surface area contributed by atoms with E-state index < -0.39 is 47.9 Å². The molecule has 0 bridgehead atoms. The Morgan fingerprint density at radius 1 is 0.722 bits per heavy atom. The first-order chi connectivity index (χ1) is 17.1. The average Bonchev–Trinajstić information content (AvgIpc) is 2.86. The van der Waals surface area contributed by atoms with Crippen molar-refractivity contribution in [3.8, 4) is 5.75 Å². The summed E-state index contributed by atoms with van der Waals surface area (Å²) in [6.45, 7) is 0. The fraction of sp³-hybridized carbons (Fsp3) is 0.333. The smallest absolute Gasteiger partial charge is 0.326 e. The number of carboxylic acid groups (broad SMARTS) is 1. The van der Waals surface area contributed by atoms with Gasteiger partial charge in [0.05, 0.1) is 6.04 Å². The van der Waals surface area contributed by atoms with Gasteiger partial charge in [-0.25, -0.2) is 4.79 Å². The Balaban J connectivity index is 1.96. The Morgan fingerprint density at radius 3 is 1.69 bits per heavy atom. The molecule has 2 rings (SSSR count). The van der Waals surface area contributed by atoms with E-state index in [0.717, 1.165) is 5.56 Å². The molecule has 0 spiro atoms. The van der Waals surface area contributed by atoms with Gasteiger partial charge in [0.15, 0.2) is 0 Å². The molecule has 0 saturated carbocycles. The third-order valence-electron chi connectivity index (χ3n) is 5.26. The van der Waals surface area contributed by atoms with Gasteiger partial charge in [0.25, 0.3) is 0 Å². The van der Waals surface area contributed by atoms with Gasteiger partial charge in [-0.1, -0.05) is 42.5 Å². The van der Waals surface area contributed by atoms with Crippen molar-refractivity contribution >= 4 is 48.9 Å². The number of aliphatic carboxylic acids is 1. The van der Waals surface area contributed by atoms with Crippen LogP contribution in [0.25, 0.3) is 0 Å². The number of amides is 3. The summed E-state index contributed by atoms with van der Waals surface area (Å²) >= 11 is 8.21. The van der Waals surface area contributed by atoms with E-state index in [1.807, 2.05) is 30.3 Å². The number of aromatic hydroxyl groups is 1. The number of benzene rings is 2. The molecule has 0 aromatic heterocycles. The first-order valence-corrected chi connectivity index (χ1v) is 12.3. The van der Waals surface area contributed by atoms with Crippen molar-refractivity contribution in [2.45, 2.75) is 37.0 Å². The second-order valence-electron chi connectivity index (χ2n) is 8.05. The maximum atomic E-state index is 12.7. The van der Waals surface area contributed by atoms with Gasteiger partial charge in [0, 0.05) is 17.9 Å². The van der Waals surface area contributed by atoms with Crippen LogP contribution in [0.5, 0.6) is 5.75 Å². The fourth-order valence-corrected chi connectivity index (χ4v) is 3.75. The van der Waals surface area contributed by atoms with Crippen LogP contribution in [-0.2, 0) is 32.0 Å². The molecule has 0 fully saturated rings. The second-order valence-corrected chi connectivity index (χ2v) is 8.78. The molecule has 0 heterocycles. The molecule has 3 amide bonds. The van der Waals surface area contributed by atoms with Crippen LogP contribution in [0, 0.1) is 0 Å². The van der Waals surface area contributed by atoms with Gasteiger partial charge in [0.1, 0.15) is 23.9 Å². The largest absolute Gasteiger partial charge is 0.508 e. The lowest BCUT2D eigenvalue weighted by Crippen LogP contribution is -2.58. The van der Waals surface area contributed by atoms with Gasteiger partial charge >= 0.3 is 5.97 Å². The Labute approximate surface area is 219 Å². The lowest BCUT2D eigenvalue weighted by atomic mass is 10.1. The molecule has 2 aromatic rings. The van der Waals surface area contributed by atoms with Crippen molar-refractivity contribution < 1.29 is 29.4 Å². The van der Waals surface area contributed by atoms with E-state index in [1.165, 1.54) is 24.3 Å². The zero-order valence-electron chi connectivity index (χ0n) is 19.3. The minimum Gasteiger partial charge on any atom is -0.508 e. The minimum atomic E-state index is -1.28. The minimum absolute atomic E-state index is 0.0272. The van der Waals surface area contributed by atoms with Crippen molar-refractivity contribution in [2.75, 3.05) is 11.5 Å². The molecule has 194 valence electrons. The number of phenolic OH excluding ortho intramolecular Hbond substituents is 1. The molecule has 2 aromatic carbocycles. The molecule has 0 aliphatic carbocycles. The first-order valence-electron chi connectivity index (χ1n) is 11.1. The number of carbonyl (C=O) groups excluding carboxylic acids is 3. The van der Waals surface area contributed by atoms with Gasteiger partial charge in [-0.05, 0) is 29.7 Å². The number of rotatable bonds is 13. The number of phenols is 1. The van der Waals surface area contributed by atoms with Gasteiger partial charge in [0.2, 0.25) is 17.7 Å². The van der Waals surface area contributed by atoms with E-state index in [2.05, 4.69) is 41.2 Å². The second kappa shape index (κ2) is 14.4. The van der Waals surface area contributed by atoms with Crippen molar-refractivity contribution in [3.63, 3.8) is 0 Å². The van der Waals surface area contributed by atoms with E-state index in [1.54, 1.807) is 0 Å². The summed E-state index contributed by atoms with van der Waals surface area (Å²) in [5, 5.41) is 26.3. The maximum absolute atomic E-state index is 12.7. The highest BCUT2D eigenvalue weighted by atomic mass is 32.1. The van der Waals surface area contributed by atoms with Crippen LogP contribution in [0.3, 0.4) is 0 Å². The normalized spacial score (nSPS) is 14.1. The van der Waals surface area contributed by atoms with Crippen LogP contribution in [0.2, 0.25) is 0 Å². The quantitative estimate of drug-likeness (QED) is 0.166. The molecule has 12 heteroatoms. The zero-order valence-corrected chi connectivity index (χ0v) is 21.1. The van der Waals surface area contributed by atoms with Crippen LogP contribution in [-0.4, -0.2) is 69.6 Å². The summed E-state index contributed by atoms with van der Waals surface area (Å²) in [5.74, 6) is -3.42. The van der Waals surface area contributed by atoms with Crippen LogP contribution in [0.15, 0.2) is 54.6 Å². The summed E-state index contributed by atoms with van der Waals surface area (Å²) in [6.07, 6.45) is 0.232. The van der Waals surface area contributed by atoms with Crippen molar-refractivity contribution in [1.82, 2.24) is 16.0 Å². The highest BCUT2D eigenvalue weighted by Gasteiger charge is 2.29. The topological polar surface area (TPSA) is 171 Å². The predicted molar refractivity (Wildman–Crippen MR) is 141 cm³/mol. The Morgan fingerprint density at radius 2 is 1.19 bits per heavy atom. The average molecular weight is 535 g/mol. The van der Waals surface area contributed by atoms with E-state index in [9.17, 15) is 29.4 Å². The number of carboxylic acids is 1. The lowest BCUT2D eigenvalue weighted by Gasteiger charge is -2.23. The molecule has 0 aliphatic rings. The fourth-order valence-electron chi connectivity index (χ4n) is 3.24. The van der Waals surface area contributed by atoms with Crippen molar-refractivity contribution in [2.24, 2.45) is 5.73 Å². The maximum Gasteiger partial charge on any atom is 0.326 e. The number of nitrogens with one attached hydrogen (secondary N) is 3. The van der Waals surface area contributed by atoms with E-state index in [0.29, 0.717) is 5.56 Å². The highest BCUT2D eigenvalue weighted by Crippen LogP contribution is 2.12. The van der Waals surface area contributed by atoms with Gasteiger partial charge in [-0.15, -0.1) is 0 Å². The predicted octanol–water partition coefficient (Wildman–Crippen LogP) is -0.0967. The van der Waals surface area contributed by atoms with Gasteiger partial charge < -0.3 is 31.9 Å². The molecule has 7 N–H and O–H groups in total. The zero-order chi connectivity index (χ0) is 26.7. The monoisotopic (exact) mass is 534 g/mol. The standard InChI is InChI=1S/C24H30N4O6S2/c25-17(10-14-4-2-1-3-5-14)21(30)27-19(12-35)23(32)28-20(13-36)22(31)26-18(24(33)34)11-15-6-8-16(29)9-7-15/h1-9,17-20,29,35-36H,10-13,25H2,(H,26,31)(H,27,30)(H,28,32)(H,33,34). The van der Waals surface area contributed by atoms with Crippen LogP contribution in [0.4, 0.5) is 0 Å². The molecule has 0 saturated heterocycles. The van der Waals surface area contributed by atoms with Crippen LogP contribution < -0.4 is 21.7 Å². The number of hydrogen-bond acceptors (Lipinski definition) is 8. The Kier molecular flexibility index (Phi) is 11.6. The van der Waals surface area contributed by atoms with E-state index >= 15 is 0 Å². The molecular weight excluding hydrogens is 504 g/mol. The number of thiol groups is 2. The summed E-state index contributed by atoms with van der Waals surface area (Å²) < 4.78 is 0. The number of hydrogen-bond donors (Lipinski definition) is 8. The van der Waals surface area contributed by atoms with E-state index in [-0.39, 0.29) is 30.1 Å². The Hall–Kier alpha value is -3.22. The van der Waals surface area contributed by atoms with E-state index in [4.69, 9.17) is 5.73 Å². The number of carbonyl (C=O) groups is 4. The molecule has 4 unspecified atom stereocenters. The van der Waals surface area contributed by atoms with Gasteiger partial charge in [-0.2, -0.15) is 25.3 Å². The highest BCUT2D eigenvalue weighted by molar-refractivity contribution is 7.80. The molecular formula is C24H30N4O6S2. The van der Waals surface area contributed by atoms with Crippen LogP contribution >= 0.6 is 25.3 Å². The van der Waals surface area contributed by atoms with Crippen molar-refractivity contribution in [3.05, 3.63) is 65.7 Å².